The monoisotopic (exact) mass is 768 g/mol. The van der Waals surface area contributed by atoms with E-state index in [1.807, 2.05) is 12.1 Å². The Labute approximate surface area is 346 Å². The molecule has 0 fully saturated rings. The number of hydrogen-bond donors (Lipinski definition) is 0. The first-order chi connectivity index (χ1) is 29.7. The van der Waals surface area contributed by atoms with Crippen LogP contribution in [0.5, 0.6) is 0 Å². The number of para-hydroxylation sites is 8. The van der Waals surface area contributed by atoms with Crippen molar-refractivity contribution >= 4 is 83.5 Å². The van der Waals surface area contributed by atoms with Crippen LogP contribution in [0.3, 0.4) is 0 Å². The Morgan fingerprint density at radius 1 is 0.267 bits per heavy atom. The van der Waals surface area contributed by atoms with E-state index >= 15 is 4.79 Å². The Balaban J connectivity index is 1.23. The van der Waals surface area contributed by atoms with Gasteiger partial charge in [-0.05, 0) is 97.1 Å². The molecule has 0 amide bonds. The van der Waals surface area contributed by atoms with Gasteiger partial charge in [-0.25, -0.2) is 0 Å². The third-order valence-corrected chi connectivity index (χ3v) is 12.0. The molecular formula is C55H36N4O. The van der Waals surface area contributed by atoms with Gasteiger partial charge in [-0.1, -0.05) is 121 Å². The van der Waals surface area contributed by atoms with Crippen LogP contribution in [0.4, 0.5) is 34.1 Å². The number of nitrogens with zero attached hydrogens (tertiary/aromatic N) is 4. The fourth-order valence-electron chi connectivity index (χ4n) is 9.44. The van der Waals surface area contributed by atoms with Crippen molar-refractivity contribution < 1.29 is 4.79 Å². The molecule has 0 radical (unpaired) electrons. The van der Waals surface area contributed by atoms with Gasteiger partial charge in [0.15, 0.2) is 5.78 Å². The summed E-state index contributed by atoms with van der Waals surface area (Å²) in [6.07, 6.45) is 0. The lowest BCUT2D eigenvalue weighted by Crippen LogP contribution is -2.17. The van der Waals surface area contributed by atoms with E-state index in [1.54, 1.807) is 0 Å². The van der Waals surface area contributed by atoms with E-state index in [0.29, 0.717) is 11.1 Å². The molecular weight excluding hydrogens is 733 g/mol. The smallest absolute Gasteiger partial charge is 0.197 e. The van der Waals surface area contributed by atoms with Gasteiger partial charge in [-0.15, -0.1) is 0 Å². The van der Waals surface area contributed by atoms with Crippen LogP contribution >= 0.6 is 0 Å². The Bertz CT molecular complexity index is 3140. The lowest BCUT2D eigenvalue weighted by atomic mass is 9.97. The average Bonchev–Trinajstić information content (AvgIpc) is 3.83. The van der Waals surface area contributed by atoms with Crippen molar-refractivity contribution in [1.29, 1.82) is 0 Å². The van der Waals surface area contributed by atoms with E-state index in [1.165, 1.54) is 0 Å². The summed E-state index contributed by atoms with van der Waals surface area (Å²) in [6.45, 7) is 0. The number of fused-ring (bicyclic) bond motifs is 11. The van der Waals surface area contributed by atoms with Gasteiger partial charge in [-0.3, -0.25) is 4.79 Å². The number of benzene rings is 9. The van der Waals surface area contributed by atoms with Gasteiger partial charge >= 0.3 is 0 Å². The topological polar surface area (TPSA) is 33.4 Å². The highest BCUT2D eigenvalue weighted by Gasteiger charge is 2.29. The van der Waals surface area contributed by atoms with Gasteiger partial charge in [0.1, 0.15) is 0 Å². The first kappa shape index (κ1) is 33.9. The molecule has 0 spiro atoms. The molecule has 0 N–H and O–H groups in total. The second kappa shape index (κ2) is 13.5. The molecule has 0 saturated carbocycles. The van der Waals surface area contributed by atoms with E-state index < -0.39 is 0 Å². The van der Waals surface area contributed by atoms with Gasteiger partial charge < -0.3 is 18.9 Å². The summed E-state index contributed by atoms with van der Waals surface area (Å²) in [5, 5.41) is 4.55. The van der Waals surface area contributed by atoms with Crippen LogP contribution in [-0.2, 0) is 0 Å². The van der Waals surface area contributed by atoms with E-state index in [0.717, 1.165) is 89.1 Å². The fraction of sp³-hybridized carbons (Fsp3) is 0. The third-order valence-electron chi connectivity index (χ3n) is 12.0. The summed E-state index contributed by atoms with van der Waals surface area (Å²) >= 11 is 0. The van der Waals surface area contributed by atoms with Crippen LogP contribution in [0.1, 0.15) is 15.9 Å². The maximum atomic E-state index is 16.3. The van der Waals surface area contributed by atoms with Crippen LogP contribution in [-0.4, -0.2) is 14.9 Å². The number of ketones is 1. The molecule has 3 heterocycles. The van der Waals surface area contributed by atoms with Crippen LogP contribution in [0.25, 0.3) is 55.0 Å². The Hall–Kier alpha value is -8.15. The molecule has 60 heavy (non-hydrogen) atoms. The standard InChI is InChI=1S/C55H36N4O/c60-55-45-35-39(31-33-51(45)58-47-25-11-7-21-41(47)42-22-8-12-26-48(42)58)56(37-17-3-1-4-18-37)53-29-15-16-30-54(53)57(38-19-5-2-6-20-38)40-32-34-52(46(55)36-40)59-49-27-13-9-23-43(49)44-24-10-14-28-50(44)59/h1-36H. The number of aromatic nitrogens is 2. The summed E-state index contributed by atoms with van der Waals surface area (Å²) in [4.78, 5) is 20.8. The summed E-state index contributed by atoms with van der Waals surface area (Å²) in [5.74, 6) is -0.0700. The quantitative estimate of drug-likeness (QED) is 0.179. The molecule has 2 aromatic heterocycles. The second-order valence-electron chi connectivity index (χ2n) is 15.3. The van der Waals surface area contributed by atoms with Gasteiger partial charge in [0.05, 0.1) is 44.8 Å². The minimum Gasteiger partial charge on any atom is -0.308 e. The predicted octanol–water partition coefficient (Wildman–Crippen LogP) is 14.4. The van der Waals surface area contributed by atoms with Crippen molar-refractivity contribution in [2.45, 2.75) is 0 Å². The molecule has 1 aliphatic rings. The van der Waals surface area contributed by atoms with Crippen molar-refractivity contribution in [3.63, 3.8) is 0 Å². The number of carbonyl (C=O) groups excluding carboxylic acids is 1. The normalized spacial score (nSPS) is 12.6. The highest BCUT2D eigenvalue weighted by molar-refractivity contribution is 6.18. The first-order valence-corrected chi connectivity index (χ1v) is 20.3. The summed E-state index contributed by atoms with van der Waals surface area (Å²) in [5.41, 5.74) is 12.7. The molecule has 1 aliphatic heterocycles. The van der Waals surface area contributed by atoms with Gasteiger partial charge in [-0.2, -0.15) is 0 Å². The van der Waals surface area contributed by atoms with Crippen molar-refractivity contribution in [3.05, 3.63) is 230 Å². The van der Waals surface area contributed by atoms with Crippen molar-refractivity contribution in [1.82, 2.24) is 9.13 Å². The summed E-state index contributed by atoms with van der Waals surface area (Å²) in [6, 6.07) is 76.1. The van der Waals surface area contributed by atoms with Crippen LogP contribution in [0.15, 0.2) is 218 Å². The molecule has 282 valence electrons. The lowest BCUT2D eigenvalue weighted by Gasteiger charge is -2.33. The summed E-state index contributed by atoms with van der Waals surface area (Å²) in [7, 11) is 0. The number of anilines is 6. The predicted molar refractivity (Wildman–Crippen MR) is 248 cm³/mol. The van der Waals surface area contributed by atoms with Gasteiger partial charge in [0.25, 0.3) is 0 Å². The van der Waals surface area contributed by atoms with Crippen molar-refractivity contribution in [2.24, 2.45) is 0 Å². The lowest BCUT2D eigenvalue weighted by molar-refractivity contribution is 0.103. The molecule has 5 nitrogen and oxygen atoms in total. The first-order valence-electron chi connectivity index (χ1n) is 20.3. The highest BCUT2D eigenvalue weighted by atomic mass is 16.1. The van der Waals surface area contributed by atoms with Crippen molar-refractivity contribution in [2.75, 3.05) is 9.80 Å². The molecule has 5 heteroatoms. The van der Waals surface area contributed by atoms with E-state index in [-0.39, 0.29) is 5.78 Å². The largest absolute Gasteiger partial charge is 0.308 e. The molecule has 0 unspecified atom stereocenters. The third kappa shape index (κ3) is 5.09. The maximum absolute atomic E-state index is 16.3. The number of hydrogen-bond acceptors (Lipinski definition) is 3. The van der Waals surface area contributed by atoms with E-state index in [9.17, 15) is 0 Å². The molecule has 9 aromatic carbocycles. The van der Waals surface area contributed by atoms with Crippen LogP contribution in [0, 0.1) is 0 Å². The highest BCUT2D eigenvalue weighted by Crippen LogP contribution is 2.48. The number of carbonyl (C=O) groups is 1. The minimum absolute atomic E-state index is 0.0700. The molecule has 0 atom stereocenters. The average molecular weight is 769 g/mol. The molecule has 11 aromatic rings. The fourth-order valence-corrected chi connectivity index (χ4v) is 9.44. The van der Waals surface area contributed by atoms with Crippen LogP contribution in [0.2, 0.25) is 0 Å². The molecule has 0 aliphatic carbocycles. The zero-order chi connectivity index (χ0) is 39.7. The zero-order valence-corrected chi connectivity index (χ0v) is 32.5. The summed E-state index contributed by atoms with van der Waals surface area (Å²) < 4.78 is 4.53. The Morgan fingerprint density at radius 3 is 0.950 bits per heavy atom. The SMILES string of the molecule is O=C1c2cc(ccc2-n2c3ccccc3c3ccccc32)N(c2ccccc2)c2ccccc2N(c2ccccc2)c2ccc(-n3c4ccccc4c4ccccc43)c1c2. The zero-order valence-electron chi connectivity index (χ0n) is 32.5. The molecule has 4 bridgehead atoms. The van der Waals surface area contributed by atoms with Gasteiger partial charge in [0, 0.05) is 55.4 Å². The maximum Gasteiger partial charge on any atom is 0.197 e. The van der Waals surface area contributed by atoms with Crippen molar-refractivity contribution in [3.8, 4) is 11.4 Å². The Morgan fingerprint density at radius 2 is 0.583 bits per heavy atom. The minimum atomic E-state index is -0.0700. The molecule has 12 rings (SSSR count). The van der Waals surface area contributed by atoms with Gasteiger partial charge in [0.2, 0.25) is 0 Å². The van der Waals surface area contributed by atoms with E-state index in [2.05, 4.69) is 225 Å². The number of rotatable bonds is 4. The molecule has 0 saturated heterocycles. The van der Waals surface area contributed by atoms with E-state index in [4.69, 9.17) is 0 Å². The van der Waals surface area contributed by atoms with Crippen LogP contribution < -0.4 is 9.80 Å². The Kier molecular flexibility index (Phi) is 7.62. The second-order valence-corrected chi connectivity index (χ2v) is 15.3.